The Labute approximate surface area is 152 Å². The van der Waals surface area contributed by atoms with Gasteiger partial charge in [-0.15, -0.1) is 0 Å². The largest absolute Gasteiger partial charge is 0.305 e. The molecule has 2 heterocycles. The first kappa shape index (κ1) is 21.9. The minimum absolute atomic E-state index is 0.352. The van der Waals surface area contributed by atoms with E-state index in [4.69, 9.17) is 0 Å². The molecule has 0 unspecified atom stereocenters. The molecule has 24 heavy (non-hydrogen) atoms. The van der Waals surface area contributed by atoms with Crippen LogP contribution in [-0.4, -0.2) is 97.1 Å². The van der Waals surface area contributed by atoms with Crippen molar-refractivity contribution in [3.8, 4) is 0 Å². The third-order valence-corrected chi connectivity index (χ3v) is 5.68. The van der Waals surface area contributed by atoms with Crippen LogP contribution in [-0.2, 0) is 0 Å². The quantitative estimate of drug-likeness (QED) is 0.766. The summed E-state index contributed by atoms with van der Waals surface area (Å²) in [5.41, 5.74) is 0.704. The van der Waals surface area contributed by atoms with Gasteiger partial charge in [0.25, 0.3) is 0 Å². The average molecular weight is 341 g/mol. The second kappa shape index (κ2) is 8.48. The van der Waals surface area contributed by atoms with Gasteiger partial charge in [0.05, 0.1) is 0 Å². The van der Waals surface area contributed by atoms with Gasteiger partial charge in [-0.1, -0.05) is 0 Å². The lowest BCUT2D eigenvalue weighted by Gasteiger charge is -2.32. The van der Waals surface area contributed by atoms with E-state index in [9.17, 15) is 0 Å². The first-order chi connectivity index (χ1) is 10.8. The van der Waals surface area contributed by atoms with Crippen molar-refractivity contribution in [2.45, 2.75) is 77.5 Å². The van der Waals surface area contributed by atoms with E-state index in [2.05, 4.69) is 89.3 Å². The zero-order chi connectivity index (χ0) is 18.7. The number of hydrogen-bond acceptors (Lipinski definition) is 4. The molecule has 0 aromatic heterocycles. The Morgan fingerprint density at radius 3 is 1.04 bits per heavy atom. The molecule has 0 bridgehead atoms. The molecule has 144 valence electrons. The van der Waals surface area contributed by atoms with Gasteiger partial charge in [0, 0.05) is 49.3 Å². The predicted octanol–water partition coefficient (Wildman–Crippen LogP) is 2.84. The molecule has 0 saturated carbocycles. The van der Waals surface area contributed by atoms with Crippen molar-refractivity contribution in [1.29, 1.82) is 0 Å². The van der Waals surface area contributed by atoms with E-state index >= 15 is 0 Å². The van der Waals surface area contributed by atoms with Gasteiger partial charge in [-0.3, -0.25) is 9.80 Å². The topological polar surface area (TPSA) is 13.0 Å². The summed E-state index contributed by atoms with van der Waals surface area (Å²) in [6, 6.07) is 1.54. The van der Waals surface area contributed by atoms with Crippen molar-refractivity contribution < 1.29 is 0 Å². The van der Waals surface area contributed by atoms with Crippen molar-refractivity contribution in [1.82, 2.24) is 19.6 Å². The Morgan fingerprint density at radius 1 is 0.625 bits per heavy atom. The Morgan fingerprint density at radius 2 is 0.917 bits per heavy atom. The Kier molecular flexibility index (Phi) is 7.73. The highest BCUT2D eigenvalue weighted by molar-refractivity contribution is 4.88. The van der Waals surface area contributed by atoms with Crippen molar-refractivity contribution in [2.24, 2.45) is 0 Å². The summed E-state index contributed by atoms with van der Waals surface area (Å²) in [6.45, 7) is 18.8. The van der Waals surface area contributed by atoms with Crippen LogP contribution in [0.25, 0.3) is 0 Å². The standard InChI is InChI=1S/2C10H22N2/c2*1-10(2,3)12-7-6-9(8-12)11(4)5/h2*9H,6-8H2,1-5H3/t2*9-/m10/s1. The first-order valence-electron chi connectivity index (χ1n) is 9.65. The van der Waals surface area contributed by atoms with Gasteiger partial charge in [0.2, 0.25) is 0 Å². The molecular weight excluding hydrogens is 296 g/mol. The van der Waals surface area contributed by atoms with Gasteiger partial charge in [-0.05, 0) is 82.6 Å². The van der Waals surface area contributed by atoms with Crippen LogP contribution >= 0.6 is 0 Å². The molecule has 0 aliphatic carbocycles. The normalized spacial score (nSPS) is 27.0. The lowest BCUT2D eigenvalue weighted by atomic mass is 10.1. The molecule has 4 heteroatoms. The third kappa shape index (κ3) is 6.62. The highest BCUT2D eigenvalue weighted by atomic mass is 15.3. The first-order valence-corrected chi connectivity index (χ1v) is 9.65. The molecule has 0 N–H and O–H groups in total. The van der Waals surface area contributed by atoms with E-state index in [-0.39, 0.29) is 0 Å². The summed E-state index contributed by atoms with van der Waals surface area (Å²) in [7, 11) is 8.71. The van der Waals surface area contributed by atoms with Crippen LogP contribution in [0.2, 0.25) is 0 Å². The second-order valence-corrected chi connectivity index (χ2v) is 10.0. The minimum Gasteiger partial charge on any atom is -0.305 e. The molecule has 0 spiro atoms. The molecule has 2 aliphatic heterocycles. The zero-order valence-electron chi connectivity index (χ0n) is 18.2. The maximum atomic E-state index is 2.57. The molecule has 0 amide bonds. The highest BCUT2D eigenvalue weighted by Gasteiger charge is 2.31. The van der Waals surface area contributed by atoms with Gasteiger partial charge in [-0.25, -0.2) is 0 Å². The summed E-state index contributed by atoms with van der Waals surface area (Å²) in [6.07, 6.45) is 2.65. The fraction of sp³-hybridized carbons (Fsp3) is 1.00. The Hall–Kier alpha value is -0.160. The Balaban J connectivity index is 0.000000240. The molecule has 0 radical (unpaired) electrons. The van der Waals surface area contributed by atoms with Gasteiger partial charge >= 0.3 is 0 Å². The maximum absolute atomic E-state index is 2.57. The minimum atomic E-state index is 0.352. The van der Waals surface area contributed by atoms with E-state index in [1.165, 1.54) is 39.0 Å². The number of hydrogen-bond donors (Lipinski definition) is 0. The van der Waals surface area contributed by atoms with Crippen molar-refractivity contribution >= 4 is 0 Å². The lowest BCUT2D eigenvalue weighted by Crippen LogP contribution is -2.41. The van der Waals surface area contributed by atoms with Crippen LogP contribution in [0.3, 0.4) is 0 Å². The third-order valence-electron chi connectivity index (χ3n) is 5.68. The van der Waals surface area contributed by atoms with Crippen molar-refractivity contribution in [2.75, 3.05) is 54.4 Å². The molecule has 2 fully saturated rings. The van der Waals surface area contributed by atoms with Crippen LogP contribution in [0.15, 0.2) is 0 Å². The van der Waals surface area contributed by atoms with E-state index in [1.54, 1.807) is 0 Å². The van der Waals surface area contributed by atoms with Crippen LogP contribution in [0.1, 0.15) is 54.4 Å². The van der Waals surface area contributed by atoms with Crippen LogP contribution < -0.4 is 0 Å². The highest BCUT2D eigenvalue weighted by Crippen LogP contribution is 2.23. The average Bonchev–Trinajstić information content (AvgIpc) is 3.08. The second-order valence-electron chi connectivity index (χ2n) is 10.0. The van der Waals surface area contributed by atoms with Crippen LogP contribution in [0.5, 0.6) is 0 Å². The summed E-state index contributed by atoms with van der Waals surface area (Å²) < 4.78 is 0. The van der Waals surface area contributed by atoms with Gasteiger partial charge in [0.1, 0.15) is 0 Å². The van der Waals surface area contributed by atoms with Crippen LogP contribution in [0, 0.1) is 0 Å². The van der Waals surface area contributed by atoms with Gasteiger partial charge in [-0.2, -0.15) is 0 Å². The number of nitrogens with zero attached hydrogens (tertiary/aromatic N) is 4. The predicted molar refractivity (Wildman–Crippen MR) is 107 cm³/mol. The van der Waals surface area contributed by atoms with Crippen LogP contribution in [0.4, 0.5) is 0 Å². The summed E-state index contributed by atoms with van der Waals surface area (Å²) in [5, 5.41) is 0. The van der Waals surface area contributed by atoms with Crippen molar-refractivity contribution in [3.05, 3.63) is 0 Å². The fourth-order valence-corrected chi connectivity index (χ4v) is 3.55. The maximum Gasteiger partial charge on any atom is 0.0229 e. The molecule has 2 saturated heterocycles. The SMILES string of the molecule is CN(C)[C@@H]1CCN(C(C)(C)C)C1.CN(C)[C@H]1CCN(C(C)(C)C)C1. The zero-order valence-corrected chi connectivity index (χ0v) is 18.2. The lowest BCUT2D eigenvalue weighted by molar-refractivity contribution is 0.159. The summed E-state index contributed by atoms with van der Waals surface area (Å²) in [5.74, 6) is 0. The Bertz CT molecular complexity index is 329. The molecule has 2 aliphatic rings. The smallest absolute Gasteiger partial charge is 0.0229 e. The van der Waals surface area contributed by atoms with E-state index < -0.39 is 0 Å². The molecule has 0 aromatic rings. The number of likely N-dealkylation sites (N-methyl/N-ethyl adjacent to an activating group) is 2. The molecule has 2 rings (SSSR count). The van der Waals surface area contributed by atoms with Gasteiger partial charge < -0.3 is 9.80 Å². The molecule has 2 atom stereocenters. The molecule has 0 aromatic carbocycles. The van der Waals surface area contributed by atoms with E-state index in [0.29, 0.717) is 11.1 Å². The summed E-state index contributed by atoms with van der Waals surface area (Å²) in [4.78, 5) is 9.81. The van der Waals surface area contributed by atoms with E-state index in [0.717, 1.165) is 12.1 Å². The number of rotatable bonds is 2. The number of likely N-dealkylation sites (tertiary alicyclic amines) is 2. The molecular formula is C20H44N4. The summed E-state index contributed by atoms with van der Waals surface area (Å²) >= 11 is 0. The van der Waals surface area contributed by atoms with Gasteiger partial charge in [0.15, 0.2) is 0 Å². The van der Waals surface area contributed by atoms with E-state index in [1.807, 2.05) is 0 Å². The molecule has 4 nitrogen and oxygen atoms in total. The monoisotopic (exact) mass is 340 g/mol. The van der Waals surface area contributed by atoms with Crippen molar-refractivity contribution in [3.63, 3.8) is 0 Å². The fourth-order valence-electron chi connectivity index (χ4n) is 3.55.